The van der Waals surface area contributed by atoms with E-state index in [1.165, 1.54) is 0 Å². The molecule has 6 nitrogen and oxygen atoms in total. The van der Waals surface area contributed by atoms with Gasteiger partial charge in [0.15, 0.2) is 13.2 Å². The average Bonchev–Trinajstić information content (AvgIpc) is 2.73. The summed E-state index contributed by atoms with van der Waals surface area (Å²) in [5.41, 5.74) is 2.00. The van der Waals surface area contributed by atoms with Crippen LogP contribution in [0.4, 0.5) is 0 Å². The van der Waals surface area contributed by atoms with Gasteiger partial charge in [0.25, 0.3) is 0 Å². The van der Waals surface area contributed by atoms with Gasteiger partial charge in [-0.1, -0.05) is 34.6 Å². The molecule has 0 spiro atoms. The second kappa shape index (κ2) is 12.5. The van der Waals surface area contributed by atoms with Crippen molar-refractivity contribution in [2.75, 3.05) is 66.6 Å². The van der Waals surface area contributed by atoms with Crippen LogP contribution in [0.3, 0.4) is 0 Å². The van der Waals surface area contributed by atoms with Crippen LogP contribution in [0.15, 0.2) is 34.6 Å². The number of oxime groups is 2. The summed E-state index contributed by atoms with van der Waals surface area (Å²) in [5.74, 6) is 0. The zero-order valence-electron chi connectivity index (χ0n) is 18.7. The zero-order valence-corrected chi connectivity index (χ0v) is 18.7. The number of benzene rings is 1. The summed E-state index contributed by atoms with van der Waals surface area (Å²) in [5, 5.41) is 8.15. The van der Waals surface area contributed by atoms with Crippen LogP contribution in [-0.4, -0.2) is 88.0 Å². The molecule has 0 aliphatic rings. The van der Waals surface area contributed by atoms with Crippen molar-refractivity contribution in [2.45, 2.75) is 27.7 Å². The first-order valence-corrected chi connectivity index (χ1v) is 10.5. The fourth-order valence-corrected chi connectivity index (χ4v) is 2.57. The van der Waals surface area contributed by atoms with E-state index in [0.29, 0.717) is 13.2 Å². The predicted octanol–water partition coefficient (Wildman–Crippen LogP) is 3.36. The highest BCUT2D eigenvalue weighted by atomic mass is 16.6. The van der Waals surface area contributed by atoms with E-state index in [2.05, 4.69) is 52.1 Å². The summed E-state index contributed by atoms with van der Waals surface area (Å²) in [4.78, 5) is 10.8. The van der Waals surface area contributed by atoms with E-state index in [9.17, 15) is 0 Å². The minimum Gasteiger partial charge on any atom is -0.390 e. The molecule has 158 valence electrons. The molecule has 0 aliphatic heterocycles. The first kappa shape index (κ1) is 24.1. The molecular formula is C22H40N4O2+2. The van der Waals surface area contributed by atoms with Crippen LogP contribution in [0.2, 0.25) is 0 Å². The second-order valence-corrected chi connectivity index (χ2v) is 7.75. The molecule has 0 saturated carbocycles. The second-order valence-electron chi connectivity index (χ2n) is 7.75. The normalized spacial score (nSPS) is 12.8. The van der Waals surface area contributed by atoms with Gasteiger partial charge in [0.1, 0.15) is 13.1 Å². The highest BCUT2D eigenvalue weighted by Crippen LogP contribution is 2.03. The largest absolute Gasteiger partial charge is 0.390 e. The predicted molar refractivity (Wildman–Crippen MR) is 118 cm³/mol. The Morgan fingerprint density at radius 1 is 0.679 bits per heavy atom. The molecule has 1 rings (SSSR count). The summed E-state index contributed by atoms with van der Waals surface area (Å²) >= 11 is 0. The minimum atomic E-state index is 0.630. The Morgan fingerprint density at radius 3 is 1.29 bits per heavy atom. The Kier molecular flexibility index (Phi) is 10.8. The van der Waals surface area contributed by atoms with E-state index < -0.39 is 0 Å². The van der Waals surface area contributed by atoms with Crippen LogP contribution in [0, 0.1) is 0 Å². The van der Waals surface area contributed by atoms with Crippen molar-refractivity contribution < 1.29 is 18.6 Å². The maximum atomic E-state index is 5.41. The molecule has 0 aromatic heterocycles. The molecule has 0 saturated heterocycles. The third-order valence-electron chi connectivity index (χ3n) is 5.99. The first-order chi connectivity index (χ1) is 13.4. The number of hydrogen-bond donors (Lipinski definition) is 0. The van der Waals surface area contributed by atoms with Gasteiger partial charge in [-0.05, 0) is 38.8 Å². The quantitative estimate of drug-likeness (QED) is 0.211. The first-order valence-electron chi connectivity index (χ1n) is 10.5. The summed E-state index contributed by atoms with van der Waals surface area (Å²) in [6, 6.07) is 7.98. The van der Waals surface area contributed by atoms with E-state index in [-0.39, 0.29) is 0 Å². The fourth-order valence-electron chi connectivity index (χ4n) is 2.57. The lowest BCUT2D eigenvalue weighted by Gasteiger charge is -2.31. The topological polar surface area (TPSA) is 43.2 Å². The zero-order chi connectivity index (χ0) is 20.9. The molecule has 1 aromatic rings. The monoisotopic (exact) mass is 392 g/mol. The van der Waals surface area contributed by atoms with Crippen LogP contribution >= 0.6 is 0 Å². The maximum Gasteiger partial charge on any atom is 0.165 e. The highest BCUT2D eigenvalue weighted by molar-refractivity contribution is 5.83. The lowest BCUT2D eigenvalue weighted by Crippen LogP contribution is -2.45. The molecular weight excluding hydrogens is 352 g/mol. The number of quaternary nitrogens is 2. The molecule has 28 heavy (non-hydrogen) atoms. The third kappa shape index (κ3) is 8.85. The minimum absolute atomic E-state index is 0.630. The Bertz CT molecular complexity index is 538. The van der Waals surface area contributed by atoms with Crippen molar-refractivity contribution in [3.05, 3.63) is 35.4 Å². The summed E-state index contributed by atoms with van der Waals surface area (Å²) in [6.07, 6.45) is 3.49. The molecule has 0 heterocycles. The molecule has 0 N–H and O–H groups in total. The molecule has 0 amide bonds. The van der Waals surface area contributed by atoms with Gasteiger partial charge in [0.2, 0.25) is 0 Å². The lowest BCUT2D eigenvalue weighted by molar-refractivity contribution is -0.906. The van der Waals surface area contributed by atoms with Gasteiger partial charge in [-0.25, -0.2) is 0 Å². The average molecular weight is 393 g/mol. The van der Waals surface area contributed by atoms with E-state index >= 15 is 0 Å². The van der Waals surface area contributed by atoms with E-state index in [1.807, 2.05) is 24.3 Å². The van der Waals surface area contributed by atoms with Crippen molar-refractivity contribution in [1.82, 2.24) is 0 Å². The smallest absolute Gasteiger partial charge is 0.165 e. The van der Waals surface area contributed by atoms with Gasteiger partial charge < -0.3 is 18.6 Å². The Hall–Kier alpha value is -1.92. The van der Waals surface area contributed by atoms with Crippen molar-refractivity contribution >= 4 is 12.4 Å². The fraction of sp³-hybridized carbons (Fsp3) is 0.636. The van der Waals surface area contributed by atoms with Crippen LogP contribution in [0.5, 0.6) is 0 Å². The molecule has 6 heteroatoms. The van der Waals surface area contributed by atoms with Gasteiger partial charge in [0.05, 0.1) is 52.7 Å². The van der Waals surface area contributed by atoms with E-state index in [4.69, 9.17) is 9.68 Å². The van der Waals surface area contributed by atoms with Gasteiger partial charge in [-0.2, -0.15) is 0 Å². The maximum absolute atomic E-state index is 5.41. The molecule has 0 radical (unpaired) electrons. The number of rotatable bonds is 14. The van der Waals surface area contributed by atoms with Gasteiger partial charge in [0, 0.05) is 0 Å². The van der Waals surface area contributed by atoms with Crippen molar-refractivity contribution in [1.29, 1.82) is 0 Å². The van der Waals surface area contributed by atoms with Crippen LogP contribution in [0.25, 0.3) is 0 Å². The summed E-state index contributed by atoms with van der Waals surface area (Å²) < 4.78 is 2.00. The van der Waals surface area contributed by atoms with Crippen molar-refractivity contribution in [3.63, 3.8) is 0 Å². The third-order valence-corrected chi connectivity index (χ3v) is 5.99. The molecule has 0 bridgehead atoms. The highest BCUT2D eigenvalue weighted by Gasteiger charge is 2.16. The van der Waals surface area contributed by atoms with Gasteiger partial charge in [-0.3, -0.25) is 0 Å². The molecule has 0 unspecified atom stereocenters. The van der Waals surface area contributed by atoms with Gasteiger partial charge >= 0.3 is 0 Å². The molecule has 0 atom stereocenters. The van der Waals surface area contributed by atoms with Gasteiger partial charge in [-0.15, -0.1) is 0 Å². The SMILES string of the molecule is CC[N+](C)(CC)CCO/N=C/c1ccc(/C=N/OCC[N+](C)(CC)CC)cc1. The van der Waals surface area contributed by atoms with Crippen molar-refractivity contribution in [2.24, 2.45) is 10.3 Å². The van der Waals surface area contributed by atoms with Crippen LogP contribution in [0.1, 0.15) is 38.8 Å². The lowest BCUT2D eigenvalue weighted by atomic mass is 10.2. The number of likely N-dealkylation sites (N-methyl/N-ethyl adjacent to an activating group) is 2. The standard InChI is InChI=1S/C22H40N4O2/c1-7-25(5,8-2)15-17-27-23-19-21-11-13-22(14-12-21)20-24-28-18-16-26(6,9-3)10-4/h11-14,19-20H,7-10,15-18H2,1-6H3/q+2/b23-19+,24-20+. The van der Waals surface area contributed by atoms with Crippen LogP contribution < -0.4 is 0 Å². The van der Waals surface area contributed by atoms with Crippen LogP contribution in [-0.2, 0) is 9.68 Å². The number of hydrogen-bond acceptors (Lipinski definition) is 4. The van der Waals surface area contributed by atoms with E-state index in [0.717, 1.165) is 59.4 Å². The van der Waals surface area contributed by atoms with E-state index in [1.54, 1.807) is 12.4 Å². The Labute approximate surface area is 171 Å². The Morgan fingerprint density at radius 2 is 1.00 bits per heavy atom. The summed E-state index contributed by atoms with van der Waals surface area (Å²) in [6.45, 7) is 16.4. The molecule has 1 aromatic carbocycles. The Balaban J connectivity index is 2.35. The molecule has 0 fully saturated rings. The number of nitrogens with zero attached hydrogens (tertiary/aromatic N) is 4. The summed E-state index contributed by atoms with van der Waals surface area (Å²) in [7, 11) is 4.48. The van der Waals surface area contributed by atoms with Crippen molar-refractivity contribution in [3.8, 4) is 0 Å². The molecule has 0 aliphatic carbocycles.